The highest BCUT2D eigenvalue weighted by Crippen LogP contribution is 2.05. The molecule has 1 amide bonds. The van der Waals surface area contributed by atoms with E-state index in [-0.39, 0.29) is 5.91 Å². The fourth-order valence-electron chi connectivity index (χ4n) is 0.669. The third-order valence-electron chi connectivity index (χ3n) is 1.48. The van der Waals surface area contributed by atoms with E-state index in [9.17, 15) is 4.79 Å². The smallest absolute Gasteiger partial charge is 0.246 e. The second-order valence-corrected chi connectivity index (χ2v) is 2.05. The van der Waals surface area contributed by atoms with Gasteiger partial charge in [-0.2, -0.15) is 0 Å². The minimum atomic E-state index is 0.109. The zero-order valence-electron chi connectivity index (χ0n) is 5.09. The van der Waals surface area contributed by atoms with Gasteiger partial charge < -0.3 is 4.90 Å². The van der Waals surface area contributed by atoms with Crippen LogP contribution in [0.25, 0.3) is 0 Å². The molecule has 2 nitrogen and oxygen atoms in total. The first-order chi connectivity index (χ1) is 3.72. The molecule has 0 aromatic carbocycles. The van der Waals surface area contributed by atoms with Crippen molar-refractivity contribution in [3.63, 3.8) is 0 Å². The van der Waals surface area contributed by atoms with E-state index in [0.717, 1.165) is 0 Å². The van der Waals surface area contributed by atoms with Gasteiger partial charge in [0.05, 0.1) is 0 Å². The van der Waals surface area contributed by atoms with Crippen molar-refractivity contribution in [1.82, 2.24) is 4.90 Å². The fourth-order valence-corrected chi connectivity index (χ4v) is 0.669. The Balaban J connectivity index is 2.69. The Hall–Kier alpha value is -0.790. The molecular weight excluding hydrogens is 102 g/mol. The standard InChI is InChI=1S/C6H9NO/c1-5-3-4-6(8)7(5)2/h3-5H,1-2H3/t5-/m0/s1. The maximum atomic E-state index is 10.6. The van der Waals surface area contributed by atoms with Crippen LogP contribution in [0.4, 0.5) is 0 Å². The molecule has 1 atom stereocenters. The molecule has 0 saturated heterocycles. The molecule has 0 saturated carbocycles. The number of carbonyl (C=O) groups is 1. The van der Waals surface area contributed by atoms with Crippen LogP contribution in [0.2, 0.25) is 0 Å². The average molecular weight is 111 g/mol. The molecule has 0 spiro atoms. The van der Waals surface area contributed by atoms with Gasteiger partial charge >= 0.3 is 0 Å². The van der Waals surface area contributed by atoms with Gasteiger partial charge in [0.1, 0.15) is 0 Å². The molecule has 0 radical (unpaired) electrons. The molecule has 0 aromatic heterocycles. The lowest BCUT2D eigenvalue weighted by molar-refractivity contribution is -0.124. The van der Waals surface area contributed by atoms with Crippen molar-refractivity contribution in [1.29, 1.82) is 0 Å². The Kier molecular flexibility index (Phi) is 1.08. The van der Waals surface area contributed by atoms with E-state index in [1.165, 1.54) is 0 Å². The average Bonchev–Trinajstić information content (AvgIpc) is 1.98. The molecule has 0 aliphatic carbocycles. The highest BCUT2D eigenvalue weighted by atomic mass is 16.2. The van der Waals surface area contributed by atoms with Crippen LogP contribution >= 0.6 is 0 Å². The summed E-state index contributed by atoms with van der Waals surface area (Å²) >= 11 is 0. The van der Waals surface area contributed by atoms with E-state index in [0.29, 0.717) is 6.04 Å². The molecule has 1 aliphatic rings. The lowest BCUT2D eigenvalue weighted by Gasteiger charge is -2.13. The minimum Gasteiger partial charge on any atom is -0.336 e. The largest absolute Gasteiger partial charge is 0.336 e. The molecule has 44 valence electrons. The van der Waals surface area contributed by atoms with Crippen molar-refractivity contribution in [2.45, 2.75) is 13.0 Å². The van der Waals surface area contributed by atoms with E-state index in [4.69, 9.17) is 0 Å². The van der Waals surface area contributed by atoms with Gasteiger partial charge in [-0.05, 0) is 6.92 Å². The Morgan fingerprint density at radius 3 is 2.50 bits per heavy atom. The van der Waals surface area contributed by atoms with Gasteiger partial charge in [-0.3, -0.25) is 4.79 Å². The van der Waals surface area contributed by atoms with Gasteiger partial charge in [0.25, 0.3) is 0 Å². The molecule has 0 unspecified atom stereocenters. The number of rotatable bonds is 0. The zero-order chi connectivity index (χ0) is 6.15. The van der Waals surface area contributed by atoms with Crippen molar-refractivity contribution in [2.75, 3.05) is 7.05 Å². The summed E-state index contributed by atoms with van der Waals surface area (Å²) in [6.07, 6.45) is 3.49. The van der Waals surface area contributed by atoms with Crippen LogP contribution in [0.1, 0.15) is 6.92 Å². The highest BCUT2D eigenvalue weighted by molar-refractivity contribution is 5.90. The van der Waals surface area contributed by atoms with Crippen LogP contribution in [0.3, 0.4) is 0 Å². The molecule has 1 heterocycles. The highest BCUT2D eigenvalue weighted by Gasteiger charge is 2.15. The number of carbonyl (C=O) groups excluding carboxylic acids is 1. The summed E-state index contributed by atoms with van der Waals surface area (Å²) in [5, 5.41) is 0. The maximum Gasteiger partial charge on any atom is 0.246 e. The monoisotopic (exact) mass is 111 g/mol. The quantitative estimate of drug-likeness (QED) is 0.443. The topological polar surface area (TPSA) is 20.3 Å². The Morgan fingerprint density at radius 2 is 2.38 bits per heavy atom. The lowest BCUT2D eigenvalue weighted by atomic mass is 10.3. The number of hydrogen-bond acceptors (Lipinski definition) is 1. The van der Waals surface area contributed by atoms with Crippen LogP contribution in [-0.2, 0) is 4.79 Å². The number of likely N-dealkylation sites (N-methyl/N-ethyl adjacent to an activating group) is 1. The number of nitrogens with zero attached hydrogens (tertiary/aromatic N) is 1. The second kappa shape index (κ2) is 1.62. The predicted octanol–water partition coefficient (Wildman–Crippen LogP) is 0.403. The van der Waals surface area contributed by atoms with Gasteiger partial charge in [-0.25, -0.2) is 0 Å². The van der Waals surface area contributed by atoms with Crippen molar-refractivity contribution in [2.24, 2.45) is 0 Å². The van der Waals surface area contributed by atoms with Crippen molar-refractivity contribution in [3.05, 3.63) is 12.2 Å². The number of amides is 1. The van der Waals surface area contributed by atoms with E-state index < -0.39 is 0 Å². The van der Waals surface area contributed by atoms with Crippen LogP contribution in [-0.4, -0.2) is 23.9 Å². The summed E-state index contributed by atoms with van der Waals surface area (Å²) in [5.41, 5.74) is 0. The summed E-state index contributed by atoms with van der Waals surface area (Å²) in [5.74, 6) is 0.109. The molecular formula is C6H9NO. The molecule has 1 rings (SSSR count). The summed E-state index contributed by atoms with van der Waals surface area (Å²) < 4.78 is 0. The fraction of sp³-hybridized carbons (Fsp3) is 0.500. The van der Waals surface area contributed by atoms with Crippen molar-refractivity contribution in [3.8, 4) is 0 Å². The number of hydrogen-bond donors (Lipinski definition) is 0. The molecule has 0 fully saturated rings. The summed E-state index contributed by atoms with van der Waals surface area (Å²) in [6.45, 7) is 1.99. The first kappa shape index (κ1) is 5.35. The predicted molar refractivity (Wildman–Crippen MR) is 31.4 cm³/mol. The van der Waals surface area contributed by atoms with E-state index in [1.54, 1.807) is 18.0 Å². The van der Waals surface area contributed by atoms with Crippen molar-refractivity contribution >= 4 is 5.91 Å². The molecule has 0 aromatic rings. The van der Waals surface area contributed by atoms with Crippen molar-refractivity contribution < 1.29 is 4.79 Å². The third kappa shape index (κ3) is 0.619. The molecule has 1 aliphatic heterocycles. The van der Waals surface area contributed by atoms with Gasteiger partial charge in [0, 0.05) is 19.2 Å². The van der Waals surface area contributed by atoms with Gasteiger partial charge in [-0.1, -0.05) is 6.08 Å². The third-order valence-corrected chi connectivity index (χ3v) is 1.48. The van der Waals surface area contributed by atoms with E-state index in [2.05, 4.69) is 0 Å². The van der Waals surface area contributed by atoms with Gasteiger partial charge in [0.15, 0.2) is 0 Å². The zero-order valence-corrected chi connectivity index (χ0v) is 5.09. The molecule has 8 heavy (non-hydrogen) atoms. The van der Waals surface area contributed by atoms with E-state index >= 15 is 0 Å². The normalized spacial score (nSPS) is 27.5. The van der Waals surface area contributed by atoms with Gasteiger partial charge in [-0.15, -0.1) is 0 Å². The molecule has 0 N–H and O–H groups in total. The lowest BCUT2D eigenvalue weighted by Crippen LogP contribution is -2.26. The minimum absolute atomic E-state index is 0.109. The Labute approximate surface area is 48.8 Å². The van der Waals surface area contributed by atoms with E-state index in [1.807, 2.05) is 13.0 Å². The van der Waals surface area contributed by atoms with Gasteiger partial charge in [0.2, 0.25) is 5.91 Å². The maximum absolute atomic E-state index is 10.6. The van der Waals surface area contributed by atoms with Crippen LogP contribution in [0.15, 0.2) is 12.2 Å². The van der Waals surface area contributed by atoms with Crippen LogP contribution < -0.4 is 0 Å². The van der Waals surface area contributed by atoms with Crippen LogP contribution in [0, 0.1) is 0 Å². The van der Waals surface area contributed by atoms with Crippen LogP contribution in [0.5, 0.6) is 0 Å². The first-order valence-corrected chi connectivity index (χ1v) is 2.67. The summed E-state index contributed by atoms with van der Waals surface area (Å²) in [4.78, 5) is 12.3. The summed E-state index contributed by atoms with van der Waals surface area (Å²) in [6, 6.07) is 0.294. The Morgan fingerprint density at radius 1 is 1.75 bits per heavy atom. The Bertz CT molecular complexity index is 139. The summed E-state index contributed by atoms with van der Waals surface area (Å²) in [7, 11) is 1.80. The molecule has 2 heteroatoms. The molecule has 0 bridgehead atoms. The first-order valence-electron chi connectivity index (χ1n) is 2.67. The second-order valence-electron chi connectivity index (χ2n) is 2.05. The SMILES string of the molecule is C[C@H]1C=CC(=O)N1C.